The van der Waals surface area contributed by atoms with Crippen molar-refractivity contribution >= 4 is 18.9 Å². The van der Waals surface area contributed by atoms with Crippen molar-refractivity contribution < 1.29 is 37.1 Å². The van der Waals surface area contributed by atoms with Crippen LogP contribution in [-0.4, -0.2) is 29.2 Å². The summed E-state index contributed by atoms with van der Waals surface area (Å²) in [5, 5.41) is 20.3. The standard InChI is InChI=1S/C20H18BF4NO4/c22-15-6-5-14-17(16(15)23)26-18(27)20(14,12-7-9-19(24,25)10-8-12)11-1-3-13(4-2-11)30-21(28)29/h1-6,12,28-29H,7-10H2,(H,26,27)/t20-/m1/s1. The highest BCUT2D eigenvalue weighted by atomic mass is 19.3. The van der Waals surface area contributed by atoms with Crippen molar-refractivity contribution in [2.75, 3.05) is 5.32 Å². The van der Waals surface area contributed by atoms with Gasteiger partial charge in [0.2, 0.25) is 11.8 Å². The summed E-state index contributed by atoms with van der Waals surface area (Å²) in [7, 11) is -2.04. The SMILES string of the molecule is O=C1Nc2c(ccc(F)c2F)[C@@]1(c1ccc(OB(O)O)cc1)C1CCC(F)(F)CC1. The van der Waals surface area contributed by atoms with Gasteiger partial charge in [0.1, 0.15) is 11.2 Å². The fourth-order valence-electron chi connectivity index (χ4n) is 4.65. The number of anilines is 1. The molecule has 1 heterocycles. The summed E-state index contributed by atoms with van der Waals surface area (Å²) in [5.41, 5.74) is -1.20. The predicted molar refractivity (Wildman–Crippen MR) is 99.9 cm³/mol. The second kappa shape index (κ2) is 7.28. The number of nitrogens with one attached hydrogen (secondary N) is 1. The summed E-state index contributed by atoms with van der Waals surface area (Å²) in [6.07, 6.45) is -0.786. The molecular weight excluding hydrogens is 405 g/mol. The maximum atomic E-state index is 14.4. The van der Waals surface area contributed by atoms with Gasteiger partial charge in [0.05, 0.1) is 5.69 Å². The number of fused-ring (bicyclic) bond motifs is 1. The lowest BCUT2D eigenvalue weighted by Gasteiger charge is -2.40. The molecule has 0 unspecified atom stereocenters. The van der Waals surface area contributed by atoms with Crippen molar-refractivity contribution in [3.8, 4) is 5.75 Å². The third-order valence-corrected chi connectivity index (χ3v) is 6.00. The molecule has 0 radical (unpaired) electrons. The molecule has 158 valence electrons. The van der Waals surface area contributed by atoms with Crippen molar-refractivity contribution in [1.29, 1.82) is 0 Å². The molecule has 2 aliphatic rings. The normalized spacial score (nSPS) is 23.1. The summed E-state index contributed by atoms with van der Waals surface area (Å²) in [4.78, 5) is 13.2. The van der Waals surface area contributed by atoms with E-state index in [4.69, 9.17) is 14.7 Å². The molecular formula is C20H18BF4NO4. The van der Waals surface area contributed by atoms with E-state index < -0.39 is 55.0 Å². The summed E-state index contributed by atoms with van der Waals surface area (Å²) in [5.74, 6) is -6.25. The van der Waals surface area contributed by atoms with Gasteiger partial charge in [-0.05, 0) is 48.1 Å². The van der Waals surface area contributed by atoms with E-state index in [-0.39, 0.29) is 29.8 Å². The molecule has 4 rings (SSSR count). The Morgan fingerprint density at radius 2 is 1.67 bits per heavy atom. The molecule has 5 nitrogen and oxygen atoms in total. The van der Waals surface area contributed by atoms with Gasteiger partial charge >= 0.3 is 7.32 Å². The van der Waals surface area contributed by atoms with Crippen LogP contribution in [0.5, 0.6) is 5.75 Å². The zero-order chi connectivity index (χ0) is 21.7. The van der Waals surface area contributed by atoms with Crippen LogP contribution in [0.15, 0.2) is 36.4 Å². The lowest BCUT2D eigenvalue weighted by molar-refractivity contribution is -0.123. The molecule has 2 aromatic rings. The Kier molecular flexibility index (Phi) is 5.02. The number of hydrogen-bond donors (Lipinski definition) is 3. The van der Waals surface area contributed by atoms with E-state index in [0.29, 0.717) is 5.56 Å². The van der Waals surface area contributed by atoms with E-state index in [1.165, 1.54) is 30.3 Å². The monoisotopic (exact) mass is 423 g/mol. The van der Waals surface area contributed by atoms with Crippen molar-refractivity contribution in [2.45, 2.75) is 37.0 Å². The van der Waals surface area contributed by atoms with E-state index in [1.54, 1.807) is 0 Å². The van der Waals surface area contributed by atoms with Gasteiger partial charge in [-0.1, -0.05) is 18.2 Å². The number of halogens is 4. The number of benzene rings is 2. The molecule has 10 heteroatoms. The van der Waals surface area contributed by atoms with E-state index in [1.807, 2.05) is 0 Å². The average molecular weight is 423 g/mol. The van der Waals surface area contributed by atoms with Gasteiger partial charge in [0, 0.05) is 12.8 Å². The van der Waals surface area contributed by atoms with Gasteiger partial charge in [0.25, 0.3) is 0 Å². The zero-order valence-electron chi connectivity index (χ0n) is 15.7. The third kappa shape index (κ3) is 3.24. The summed E-state index contributed by atoms with van der Waals surface area (Å²) in [6.45, 7) is 0. The van der Waals surface area contributed by atoms with E-state index in [2.05, 4.69) is 5.32 Å². The fraction of sp³-hybridized carbons (Fsp3) is 0.350. The van der Waals surface area contributed by atoms with Crippen molar-refractivity contribution in [1.82, 2.24) is 0 Å². The van der Waals surface area contributed by atoms with Gasteiger partial charge in [-0.2, -0.15) is 0 Å². The van der Waals surface area contributed by atoms with E-state index in [0.717, 1.165) is 6.07 Å². The third-order valence-electron chi connectivity index (χ3n) is 6.00. The molecule has 1 aliphatic heterocycles. The smallest absolute Gasteiger partial charge is 0.512 e. The first kappa shape index (κ1) is 20.7. The molecule has 3 N–H and O–H groups in total. The molecule has 1 saturated carbocycles. The van der Waals surface area contributed by atoms with Gasteiger partial charge in [-0.15, -0.1) is 0 Å². The second-order valence-electron chi connectivity index (χ2n) is 7.64. The molecule has 2 aromatic carbocycles. The largest absolute Gasteiger partial charge is 0.707 e. The van der Waals surface area contributed by atoms with Crippen LogP contribution >= 0.6 is 0 Å². The van der Waals surface area contributed by atoms with Crippen LogP contribution in [0.25, 0.3) is 0 Å². The Labute approximate surface area is 169 Å². The lowest BCUT2D eigenvalue weighted by atomic mass is 9.61. The van der Waals surface area contributed by atoms with E-state index >= 15 is 0 Å². The Balaban J connectivity index is 1.86. The summed E-state index contributed by atoms with van der Waals surface area (Å²) >= 11 is 0. The molecule has 0 aromatic heterocycles. The van der Waals surface area contributed by atoms with Gasteiger partial charge in [0.15, 0.2) is 11.6 Å². The van der Waals surface area contributed by atoms with Crippen molar-refractivity contribution in [2.24, 2.45) is 5.92 Å². The van der Waals surface area contributed by atoms with Crippen LogP contribution < -0.4 is 9.97 Å². The molecule has 0 saturated heterocycles. The number of rotatable bonds is 4. The topological polar surface area (TPSA) is 78.8 Å². The summed E-state index contributed by atoms with van der Waals surface area (Å²) in [6, 6.07) is 7.97. The van der Waals surface area contributed by atoms with Crippen LogP contribution in [0.4, 0.5) is 23.2 Å². The minimum Gasteiger partial charge on any atom is -0.512 e. The Bertz CT molecular complexity index is 976. The molecule has 0 spiro atoms. The maximum absolute atomic E-state index is 14.4. The van der Waals surface area contributed by atoms with Gasteiger partial charge in [-0.25, -0.2) is 17.6 Å². The number of amides is 1. The van der Waals surface area contributed by atoms with Crippen LogP contribution in [0, 0.1) is 17.6 Å². The van der Waals surface area contributed by atoms with Crippen LogP contribution in [-0.2, 0) is 10.2 Å². The van der Waals surface area contributed by atoms with Gasteiger partial charge < -0.3 is 20.0 Å². The zero-order valence-corrected chi connectivity index (χ0v) is 15.7. The highest BCUT2D eigenvalue weighted by Crippen LogP contribution is 2.54. The molecule has 0 bridgehead atoms. The Morgan fingerprint density at radius 3 is 2.27 bits per heavy atom. The molecule has 1 amide bonds. The highest BCUT2D eigenvalue weighted by Gasteiger charge is 2.56. The number of carbonyl (C=O) groups is 1. The predicted octanol–water partition coefficient (Wildman–Crippen LogP) is 3.38. The maximum Gasteiger partial charge on any atom is 0.707 e. The first-order valence-corrected chi connectivity index (χ1v) is 9.46. The van der Waals surface area contributed by atoms with Crippen LogP contribution in [0.1, 0.15) is 36.8 Å². The number of alkyl halides is 2. The number of carbonyl (C=O) groups excluding carboxylic acids is 1. The van der Waals surface area contributed by atoms with Crippen molar-refractivity contribution in [3.05, 3.63) is 59.2 Å². The molecule has 1 fully saturated rings. The first-order chi connectivity index (χ1) is 14.1. The Hall–Kier alpha value is -2.59. The molecule has 1 atom stereocenters. The van der Waals surface area contributed by atoms with Crippen LogP contribution in [0.2, 0.25) is 0 Å². The van der Waals surface area contributed by atoms with Crippen LogP contribution in [0.3, 0.4) is 0 Å². The second-order valence-corrected chi connectivity index (χ2v) is 7.64. The average Bonchev–Trinajstić information content (AvgIpc) is 2.98. The fourth-order valence-corrected chi connectivity index (χ4v) is 4.65. The molecule has 30 heavy (non-hydrogen) atoms. The van der Waals surface area contributed by atoms with Crippen molar-refractivity contribution in [3.63, 3.8) is 0 Å². The first-order valence-electron chi connectivity index (χ1n) is 9.46. The lowest BCUT2D eigenvalue weighted by Crippen LogP contribution is -2.45. The Morgan fingerprint density at radius 1 is 1.03 bits per heavy atom. The minimum absolute atomic E-state index is 0.0203. The minimum atomic E-state index is -2.83. The highest BCUT2D eigenvalue weighted by molar-refractivity contribution is 6.33. The van der Waals surface area contributed by atoms with Gasteiger partial charge in [-0.3, -0.25) is 4.79 Å². The summed E-state index contributed by atoms with van der Waals surface area (Å²) < 4.78 is 60.6. The van der Waals surface area contributed by atoms with E-state index in [9.17, 15) is 22.4 Å². The number of hydrogen-bond acceptors (Lipinski definition) is 4. The molecule has 1 aliphatic carbocycles. The quantitative estimate of drug-likeness (QED) is 0.521.